The first-order chi connectivity index (χ1) is 12.4. The van der Waals surface area contributed by atoms with Crippen molar-refractivity contribution in [2.45, 2.75) is 45.2 Å². The van der Waals surface area contributed by atoms with Crippen molar-refractivity contribution in [1.82, 2.24) is 15.1 Å². The Labute approximate surface area is 156 Å². The second kappa shape index (κ2) is 10.6. The van der Waals surface area contributed by atoms with Crippen LogP contribution in [0.15, 0.2) is 38.0 Å². The molecule has 1 aliphatic heterocycles. The van der Waals surface area contributed by atoms with E-state index in [0.717, 1.165) is 0 Å². The Bertz CT molecular complexity index is 557. The number of amides is 3. The van der Waals surface area contributed by atoms with Crippen LogP contribution in [0, 0.1) is 5.92 Å². The molecule has 1 N–H and O–H groups in total. The molecule has 1 aliphatic rings. The summed E-state index contributed by atoms with van der Waals surface area (Å²) >= 11 is 0. The molecule has 0 saturated carbocycles. The molecule has 0 radical (unpaired) electrons. The number of nitrogens with zero attached hydrogens (tertiary/aromatic N) is 2. The van der Waals surface area contributed by atoms with E-state index < -0.39 is 12.1 Å². The zero-order valence-electron chi connectivity index (χ0n) is 15.9. The van der Waals surface area contributed by atoms with E-state index in [1.54, 1.807) is 28.0 Å². The lowest BCUT2D eigenvalue weighted by Gasteiger charge is -2.35. The molecule has 0 spiro atoms. The van der Waals surface area contributed by atoms with Crippen LogP contribution < -0.4 is 5.32 Å². The fourth-order valence-electron chi connectivity index (χ4n) is 3.17. The predicted octanol–water partition coefficient (Wildman–Crippen LogP) is 1.89. The summed E-state index contributed by atoms with van der Waals surface area (Å²) < 4.78 is 0. The van der Waals surface area contributed by atoms with Gasteiger partial charge < -0.3 is 15.1 Å². The molecule has 3 amide bonds. The molecule has 6 heteroatoms. The van der Waals surface area contributed by atoms with E-state index in [1.807, 2.05) is 13.8 Å². The van der Waals surface area contributed by atoms with Gasteiger partial charge >= 0.3 is 0 Å². The highest BCUT2D eigenvalue weighted by atomic mass is 16.2. The van der Waals surface area contributed by atoms with Gasteiger partial charge in [-0.1, -0.05) is 32.1 Å². The number of hydrogen-bond acceptors (Lipinski definition) is 3. The average Bonchev–Trinajstić information content (AvgIpc) is 2.96. The Balaban J connectivity index is 3.10. The summed E-state index contributed by atoms with van der Waals surface area (Å²) in [7, 11) is 0. The first kappa shape index (κ1) is 21.7. The lowest BCUT2D eigenvalue weighted by molar-refractivity contribution is -0.146. The van der Waals surface area contributed by atoms with Crippen LogP contribution in [0.1, 0.15) is 33.1 Å². The molecule has 0 bridgehead atoms. The van der Waals surface area contributed by atoms with Crippen molar-refractivity contribution in [1.29, 1.82) is 0 Å². The van der Waals surface area contributed by atoms with Gasteiger partial charge in [0.1, 0.15) is 12.1 Å². The minimum absolute atomic E-state index is 0.0571. The fourth-order valence-corrected chi connectivity index (χ4v) is 3.17. The topological polar surface area (TPSA) is 69.7 Å². The van der Waals surface area contributed by atoms with Gasteiger partial charge in [0.25, 0.3) is 0 Å². The van der Waals surface area contributed by atoms with E-state index in [9.17, 15) is 14.4 Å². The van der Waals surface area contributed by atoms with Gasteiger partial charge in [0.05, 0.1) is 0 Å². The van der Waals surface area contributed by atoms with Crippen molar-refractivity contribution in [3.63, 3.8) is 0 Å². The van der Waals surface area contributed by atoms with E-state index in [2.05, 4.69) is 25.1 Å². The third kappa shape index (κ3) is 5.58. The van der Waals surface area contributed by atoms with Crippen molar-refractivity contribution in [3.8, 4) is 0 Å². The molecule has 6 nitrogen and oxygen atoms in total. The number of nitrogens with one attached hydrogen (secondary N) is 1. The number of rotatable bonds is 11. The quantitative estimate of drug-likeness (QED) is 0.572. The zero-order valence-corrected chi connectivity index (χ0v) is 15.9. The van der Waals surface area contributed by atoms with Gasteiger partial charge in [-0.2, -0.15) is 0 Å². The van der Waals surface area contributed by atoms with E-state index in [0.29, 0.717) is 32.4 Å². The van der Waals surface area contributed by atoms with Gasteiger partial charge in [0.2, 0.25) is 17.7 Å². The van der Waals surface area contributed by atoms with Gasteiger partial charge in [-0.25, -0.2) is 0 Å². The highest BCUT2D eigenvalue weighted by molar-refractivity contribution is 5.94. The third-order valence-corrected chi connectivity index (χ3v) is 4.34. The number of carbonyl (C=O) groups excluding carboxylic acids is 3. The number of likely N-dealkylation sites (tertiary alicyclic amines) is 1. The van der Waals surface area contributed by atoms with Crippen LogP contribution >= 0.6 is 0 Å². The summed E-state index contributed by atoms with van der Waals surface area (Å²) in [5, 5.41) is 2.79. The summed E-state index contributed by atoms with van der Waals surface area (Å²) in [6.45, 7) is 15.9. The summed E-state index contributed by atoms with van der Waals surface area (Å²) in [4.78, 5) is 41.0. The van der Waals surface area contributed by atoms with Gasteiger partial charge in [-0.05, 0) is 18.8 Å². The highest BCUT2D eigenvalue weighted by Crippen LogP contribution is 2.23. The second-order valence-electron chi connectivity index (χ2n) is 6.85. The summed E-state index contributed by atoms with van der Waals surface area (Å²) in [6, 6.07) is -1.16. The molecule has 2 atom stereocenters. The molecule has 26 heavy (non-hydrogen) atoms. The monoisotopic (exact) mass is 361 g/mol. The highest BCUT2D eigenvalue weighted by Gasteiger charge is 2.40. The normalized spacial score (nSPS) is 17.7. The van der Waals surface area contributed by atoms with Crippen molar-refractivity contribution < 1.29 is 14.4 Å². The molecule has 0 aromatic rings. The van der Waals surface area contributed by atoms with E-state index in [1.165, 1.54) is 0 Å². The Morgan fingerprint density at radius 3 is 2.50 bits per heavy atom. The minimum Gasteiger partial charge on any atom is -0.351 e. The van der Waals surface area contributed by atoms with Crippen LogP contribution in [0.3, 0.4) is 0 Å². The van der Waals surface area contributed by atoms with Crippen molar-refractivity contribution in [2.24, 2.45) is 5.92 Å². The maximum Gasteiger partial charge on any atom is 0.246 e. The van der Waals surface area contributed by atoms with Crippen molar-refractivity contribution in [3.05, 3.63) is 38.0 Å². The van der Waals surface area contributed by atoms with Crippen LogP contribution in [0.4, 0.5) is 0 Å². The van der Waals surface area contributed by atoms with Crippen LogP contribution in [0.5, 0.6) is 0 Å². The third-order valence-electron chi connectivity index (χ3n) is 4.34. The minimum atomic E-state index is -0.610. The predicted molar refractivity (Wildman–Crippen MR) is 103 cm³/mol. The summed E-state index contributed by atoms with van der Waals surface area (Å²) in [5.74, 6) is -0.257. The molecule has 0 aliphatic carbocycles. The molecule has 1 fully saturated rings. The lowest BCUT2D eigenvalue weighted by atomic mass is 10.00. The number of hydrogen-bond donors (Lipinski definition) is 1. The Morgan fingerprint density at radius 2 is 1.96 bits per heavy atom. The molecular formula is C20H31N3O3. The van der Waals surface area contributed by atoms with E-state index >= 15 is 0 Å². The fraction of sp³-hybridized carbons (Fsp3) is 0.550. The van der Waals surface area contributed by atoms with Gasteiger partial charge in [-0.15, -0.1) is 19.7 Å². The first-order valence-electron chi connectivity index (χ1n) is 9.07. The van der Waals surface area contributed by atoms with Crippen LogP contribution in [-0.4, -0.2) is 59.2 Å². The Morgan fingerprint density at radius 1 is 1.27 bits per heavy atom. The molecule has 1 rings (SSSR count). The second-order valence-corrected chi connectivity index (χ2v) is 6.85. The smallest absolute Gasteiger partial charge is 0.246 e. The van der Waals surface area contributed by atoms with Gasteiger partial charge in [0, 0.05) is 26.1 Å². The molecule has 1 saturated heterocycles. The van der Waals surface area contributed by atoms with Crippen LogP contribution in [-0.2, 0) is 14.4 Å². The first-order valence-corrected chi connectivity index (χ1v) is 9.07. The van der Waals surface area contributed by atoms with Gasteiger partial charge in [-0.3, -0.25) is 14.4 Å². The summed E-state index contributed by atoms with van der Waals surface area (Å²) in [6.07, 6.45) is 6.16. The SMILES string of the molecule is C=CCNC(=O)C(CC(C)C)N(CC=C)C(=O)[C@@H]1CCC(=O)N1CC=C. The molecule has 1 heterocycles. The zero-order chi connectivity index (χ0) is 19.7. The molecule has 0 aromatic carbocycles. The Hall–Kier alpha value is -2.37. The maximum atomic E-state index is 13.2. The van der Waals surface area contributed by atoms with Crippen molar-refractivity contribution >= 4 is 17.7 Å². The number of carbonyl (C=O) groups is 3. The lowest BCUT2D eigenvalue weighted by Crippen LogP contribution is -2.55. The maximum absolute atomic E-state index is 13.2. The Kier molecular flexibility index (Phi) is 8.82. The van der Waals surface area contributed by atoms with Crippen molar-refractivity contribution in [2.75, 3.05) is 19.6 Å². The molecule has 1 unspecified atom stereocenters. The molecule has 0 aromatic heterocycles. The van der Waals surface area contributed by atoms with E-state index in [-0.39, 0.29) is 30.2 Å². The average molecular weight is 361 g/mol. The van der Waals surface area contributed by atoms with Crippen LogP contribution in [0.2, 0.25) is 0 Å². The largest absolute Gasteiger partial charge is 0.351 e. The van der Waals surface area contributed by atoms with Gasteiger partial charge in [0.15, 0.2) is 0 Å². The standard InChI is InChI=1S/C20H31N3O3/c1-6-11-21-19(25)17(14-15(4)5)23(13-8-3)20(26)16-9-10-18(24)22(16)12-7-2/h6-8,15-17H,1-3,9-14H2,4-5H3,(H,21,25)/t16-,17?/m0/s1. The summed E-state index contributed by atoms with van der Waals surface area (Å²) in [5.41, 5.74) is 0. The van der Waals surface area contributed by atoms with Crippen LogP contribution in [0.25, 0.3) is 0 Å². The molecular weight excluding hydrogens is 330 g/mol. The molecule has 144 valence electrons. The van der Waals surface area contributed by atoms with E-state index in [4.69, 9.17) is 0 Å².